The summed E-state index contributed by atoms with van der Waals surface area (Å²) in [6.07, 6.45) is 0.00760. The number of hydrogen-bond donors (Lipinski definition) is 1. The Kier molecular flexibility index (Phi) is 5.97. The normalized spacial score (nSPS) is 15.6. The van der Waals surface area contributed by atoms with Crippen molar-refractivity contribution in [2.75, 3.05) is 0 Å². The second-order valence-corrected chi connectivity index (χ2v) is 12.1. The highest BCUT2D eigenvalue weighted by atomic mass is 28.4. The molecule has 1 N–H and O–H groups in total. The molecule has 0 heterocycles. The Morgan fingerprint density at radius 1 is 1.24 bits per heavy atom. The van der Waals surface area contributed by atoms with Crippen molar-refractivity contribution in [3.05, 3.63) is 48.0 Å². The monoisotopic (exact) mass is 306 g/mol. The van der Waals surface area contributed by atoms with Crippen LogP contribution in [0, 0.1) is 0 Å². The van der Waals surface area contributed by atoms with Gasteiger partial charge < -0.3 is 9.53 Å². The second-order valence-electron chi connectivity index (χ2n) is 7.31. The molecule has 0 spiro atoms. The van der Waals surface area contributed by atoms with E-state index in [0.29, 0.717) is 6.42 Å². The summed E-state index contributed by atoms with van der Waals surface area (Å²) in [4.78, 5) is 0. The minimum Gasteiger partial charge on any atom is -0.411 e. The zero-order chi connectivity index (χ0) is 16.3. The lowest BCUT2D eigenvalue weighted by atomic mass is 10.00. The lowest BCUT2D eigenvalue weighted by molar-refractivity contribution is 0.161. The standard InChI is InChI=1S/C18H30O2Si/c1-14(13-17(19)16-11-9-8-10-12-16)15(2)20-21(6,7)18(3,4)5/h8-12,15,17,19H,1,13H2,2-7H3/t15-,17-/m1/s1. The Bertz CT molecular complexity index is 460. The van der Waals surface area contributed by atoms with Crippen molar-refractivity contribution < 1.29 is 9.53 Å². The molecule has 0 saturated carbocycles. The van der Waals surface area contributed by atoms with Crippen LogP contribution in [0.15, 0.2) is 42.5 Å². The molecule has 0 amide bonds. The number of benzene rings is 1. The average molecular weight is 307 g/mol. The molecular formula is C18H30O2Si. The van der Waals surface area contributed by atoms with Crippen molar-refractivity contribution in [3.63, 3.8) is 0 Å². The van der Waals surface area contributed by atoms with E-state index in [2.05, 4.69) is 40.4 Å². The van der Waals surface area contributed by atoms with E-state index in [1.807, 2.05) is 37.3 Å². The molecule has 0 fully saturated rings. The second kappa shape index (κ2) is 6.90. The molecule has 0 bridgehead atoms. The number of rotatable bonds is 6. The van der Waals surface area contributed by atoms with Crippen LogP contribution in [0.1, 0.15) is 45.8 Å². The average Bonchev–Trinajstić information content (AvgIpc) is 2.37. The quantitative estimate of drug-likeness (QED) is 0.587. The predicted molar refractivity (Wildman–Crippen MR) is 92.9 cm³/mol. The lowest BCUT2D eigenvalue weighted by Crippen LogP contribution is -2.43. The maximum atomic E-state index is 10.3. The fraction of sp³-hybridized carbons (Fsp3) is 0.556. The van der Waals surface area contributed by atoms with Gasteiger partial charge in [0.15, 0.2) is 8.32 Å². The molecule has 1 rings (SSSR count). The molecule has 0 aliphatic heterocycles. The summed E-state index contributed by atoms with van der Waals surface area (Å²) in [6, 6.07) is 9.72. The van der Waals surface area contributed by atoms with Gasteiger partial charge in [-0.25, -0.2) is 0 Å². The molecular weight excluding hydrogens is 276 g/mol. The Morgan fingerprint density at radius 2 is 1.76 bits per heavy atom. The third-order valence-corrected chi connectivity index (χ3v) is 9.05. The van der Waals surface area contributed by atoms with Crippen LogP contribution in [0.4, 0.5) is 0 Å². The zero-order valence-electron chi connectivity index (χ0n) is 14.3. The van der Waals surface area contributed by atoms with Crippen molar-refractivity contribution >= 4 is 8.32 Å². The molecule has 0 radical (unpaired) electrons. The molecule has 2 atom stereocenters. The maximum absolute atomic E-state index is 10.3. The molecule has 21 heavy (non-hydrogen) atoms. The van der Waals surface area contributed by atoms with Gasteiger partial charge in [0.05, 0.1) is 12.2 Å². The Morgan fingerprint density at radius 3 is 2.24 bits per heavy atom. The van der Waals surface area contributed by atoms with Gasteiger partial charge in [0.1, 0.15) is 0 Å². The summed E-state index contributed by atoms with van der Waals surface area (Å²) >= 11 is 0. The van der Waals surface area contributed by atoms with Crippen molar-refractivity contribution in [3.8, 4) is 0 Å². The van der Waals surface area contributed by atoms with Gasteiger partial charge in [-0.15, -0.1) is 0 Å². The number of hydrogen-bond acceptors (Lipinski definition) is 2. The highest BCUT2D eigenvalue weighted by molar-refractivity contribution is 6.74. The third-order valence-electron chi connectivity index (χ3n) is 4.49. The van der Waals surface area contributed by atoms with Crippen LogP contribution in [-0.2, 0) is 4.43 Å². The number of aliphatic hydroxyl groups excluding tert-OH is 1. The molecule has 3 heteroatoms. The predicted octanol–water partition coefficient (Wildman–Crippen LogP) is 5.08. The molecule has 0 unspecified atom stereocenters. The van der Waals surface area contributed by atoms with Crippen LogP contribution in [-0.4, -0.2) is 19.5 Å². The van der Waals surface area contributed by atoms with Crippen molar-refractivity contribution in [2.24, 2.45) is 0 Å². The zero-order valence-corrected chi connectivity index (χ0v) is 15.3. The fourth-order valence-electron chi connectivity index (χ4n) is 1.91. The van der Waals surface area contributed by atoms with E-state index in [1.165, 1.54) is 0 Å². The molecule has 0 aliphatic carbocycles. The van der Waals surface area contributed by atoms with E-state index in [1.54, 1.807) is 0 Å². The van der Waals surface area contributed by atoms with Crippen molar-refractivity contribution in [2.45, 2.75) is 64.5 Å². The van der Waals surface area contributed by atoms with E-state index < -0.39 is 14.4 Å². The summed E-state index contributed by atoms with van der Waals surface area (Å²) in [5.41, 5.74) is 1.88. The highest BCUT2D eigenvalue weighted by Gasteiger charge is 2.38. The molecule has 0 aromatic heterocycles. The van der Waals surface area contributed by atoms with Gasteiger partial charge in [-0.1, -0.05) is 57.7 Å². The SMILES string of the molecule is C=C(C[C@@H](O)c1ccccc1)[C@@H](C)O[Si](C)(C)C(C)(C)C. The first-order valence-electron chi connectivity index (χ1n) is 7.63. The Labute approximate surface area is 131 Å². The molecule has 0 saturated heterocycles. The van der Waals surface area contributed by atoms with E-state index in [9.17, 15) is 5.11 Å². The first-order chi connectivity index (χ1) is 9.54. The van der Waals surface area contributed by atoms with Crippen LogP contribution in [0.25, 0.3) is 0 Å². The van der Waals surface area contributed by atoms with Crippen LogP contribution in [0.3, 0.4) is 0 Å². The lowest BCUT2D eigenvalue weighted by Gasteiger charge is -2.39. The summed E-state index contributed by atoms with van der Waals surface area (Å²) < 4.78 is 6.33. The highest BCUT2D eigenvalue weighted by Crippen LogP contribution is 2.38. The van der Waals surface area contributed by atoms with Gasteiger partial charge in [0, 0.05) is 6.42 Å². The Hall–Kier alpha value is -0.903. The van der Waals surface area contributed by atoms with Crippen LogP contribution in [0.5, 0.6) is 0 Å². The van der Waals surface area contributed by atoms with Crippen LogP contribution >= 0.6 is 0 Å². The Balaban J connectivity index is 2.64. The fourth-order valence-corrected chi connectivity index (χ4v) is 3.31. The van der Waals surface area contributed by atoms with Gasteiger partial charge in [-0.3, -0.25) is 0 Å². The van der Waals surface area contributed by atoms with Gasteiger partial charge in [0.25, 0.3) is 0 Å². The van der Waals surface area contributed by atoms with Crippen molar-refractivity contribution in [1.82, 2.24) is 0 Å². The molecule has 0 aliphatic rings. The third kappa shape index (κ3) is 5.10. The minimum atomic E-state index is -1.80. The minimum absolute atomic E-state index is 0.0238. The summed E-state index contributed by atoms with van der Waals surface area (Å²) in [7, 11) is -1.80. The van der Waals surface area contributed by atoms with Crippen molar-refractivity contribution in [1.29, 1.82) is 0 Å². The molecule has 1 aromatic rings. The summed E-state index contributed by atoms with van der Waals surface area (Å²) in [6.45, 7) is 17.3. The molecule has 1 aromatic carbocycles. The van der Waals surface area contributed by atoms with Gasteiger partial charge in [0.2, 0.25) is 0 Å². The van der Waals surface area contributed by atoms with E-state index in [-0.39, 0.29) is 11.1 Å². The van der Waals surface area contributed by atoms with Gasteiger partial charge in [-0.05, 0) is 36.2 Å². The van der Waals surface area contributed by atoms with E-state index in [0.717, 1.165) is 11.1 Å². The topological polar surface area (TPSA) is 29.5 Å². The van der Waals surface area contributed by atoms with E-state index in [4.69, 9.17) is 4.43 Å². The van der Waals surface area contributed by atoms with Gasteiger partial charge in [-0.2, -0.15) is 0 Å². The smallest absolute Gasteiger partial charge is 0.192 e. The summed E-state index contributed by atoms with van der Waals surface area (Å²) in [5, 5.41) is 10.5. The molecule has 2 nitrogen and oxygen atoms in total. The summed E-state index contributed by atoms with van der Waals surface area (Å²) in [5.74, 6) is 0. The van der Waals surface area contributed by atoms with E-state index >= 15 is 0 Å². The van der Waals surface area contributed by atoms with Crippen LogP contribution in [0.2, 0.25) is 18.1 Å². The largest absolute Gasteiger partial charge is 0.411 e. The van der Waals surface area contributed by atoms with Gasteiger partial charge >= 0.3 is 0 Å². The van der Waals surface area contributed by atoms with Crippen LogP contribution < -0.4 is 0 Å². The number of aliphatic hydroxyl groups is 1. The maximum Gasteiger partial charge on any atom is 0.192 e. The first kappa shape index (κ1) is 18.1. The molecule has 118 valence electrons. The first-order valence-corrected chi connectivity index (χ1v) is 10.5.